The molecule has 0 aromatic heterocycles. The maximum absolute atomic E-state index is 13.1. The van der Waals surface area contributed by atoms with Gasteiger partial charge >= 0.3 is 6.03 Å². The van der Waals surface area contributed by atoms with Crippen molar-refractivity contribution < 1.29 is 24.0 Å². The van der Waals surface area contributed by atoms with Gasteiger partial charge in [0.1, 0.15) is 17.9 Å². The smallest absolute Gasteiger partial charge is 0.335 e. The van der Waals surface area contributed by atoms with Gasteiger partial charge in [-0.3, -0.25) is 25.0 Å². The Bertz CT molecular complexity index is 1440. The molecule has 1 aliphatic rings. The zero-order valence-electron chi connectivity index (χ0n) is 18.7. The van der Waals surface area contributed by atoms with Crippen LogP contribution in [0.3, 0.4) is 0 Å². The molecule has 1 saturated heterocycles. The Labute approximate surface area is 218 Å². The van der Waals surface area contributed by atoms with Crippen LogP contribution in [0.5, 0.6) is 5.75 Å². The van der Waals surface area contributed by atoms with Gasteiger partial charge in [-0.05, 0) is 82.0 Å². The summed E-state index contributed by atoms with van der Waals surface area (Å²) < 4.78 is 6.33. The largest absolute Gasteiger partial charge is 0.488 e. The van der Waals surface area contributed by atoms with Gasteiger partial charge in [-0.1, -0.05) is 23.7 Å². The Balaban J connectivity index is 1.53. The zero-order chi connectivity index (χ0) is 26.0. The minimum absolute atomic E-state index is 0.00985. The number of carbonyl (C=O) groups excluding carboxylic acids is 3. The van der Waals surface area contributed by atoms with E-state index in [0.29, 0.717) is 20.8 Å². The summed E-state index contributed by atoms with van der Waals surface area (Å²) >= 11 is 9.56. The molecular weight excluding hydrogens is 554 g/mol. The van der Waals surface area contributed by atoms with Gasteiger partial charge < -0.3 is 4.74 Å². The number of carbonyl (C=O) groups is 3. The first-order valence-corrected chi connectivity index (χ1v) is 11.6. The van der Waals surface area contributed by atoms with Crippen LogP contribution < -0.4 is 15.0 Å². The molecule has 0 aliphatic carbocycles. The predicted molar refractivity (Wildman–Crippen MR) is 137 cm³/mol. The van der Waals surface area contributed by atoms with E-state index in [9.17, 15) is 24.5 Å². The second-order valence-electron chi connectivity index (χ2n) is 7.79. The lowest BCUT2D eigenvalue weighted by molar-refractivity contribution is -0.384. The molecule has 0 bridgehead atoms. The SMILES string of the molecule is Cc1ccc(N2C(=O)NC(=O)/C(=C/c3ccc(OCc4ccc([N+](=O)[O-])cc4)c(Br)c3)C2=O)cc1Cl. The highest BCUT2D eigenvalue weighted by molar-refractivity contribution is 9.10. The molecule has 9 nitrogen and oxygen atoms in total. The number of nitrogens with one attached hydrogen (secondary N) is 1. The van der Waals surface area contributed by atoms with E-state index in [4.69, 9.17) is 16.3 Å². The standard InChI is InChI=1S/C25H17BrClN3O6/c1-14-2-6-18(12-21(14)27)29-24(32)19(23(31)28-25(29)33)10-16-5-9-22(20(26)11-16)36-13-15-3-7-17(8-4-15)30(34)35/h2-12H,13H2,1H3,(H,28,31,33)/b19-10-. The van der Waals surface area contributed by atoms with Crippen molar-refractivity contribution in [1.82, 2.24) is 5.32 Å². The molecule has 36 heavy (non-hydrogen) atoms. The van der Waals surface area contributed by atoms with Gasteiger partial charge in [-0.15, -0.1) is 0 Å². The normalized spacial score (nSPS) is 14.7. The third kappa shape index (κ3) is 5.29. The fourth-order valence-corrected chi connectivity index (χ4v) is 4.06. The van der Waals surface area contributed by atoms with Gasteiger partial charge in [-0.2, -0.15) is 0 Å². The second kappa shape index (κ2) is 10.3. The molecule has 1 heterocycles. The number of benzene rings is 3. The van der Waals surface area contributed by atoms with E-state index in [-0.39, 0.29) is 23.6 Å². The molecule has 0 saturated carbocycles. The summed E-state index contributed by atoms with van der Waals surface area (Å²) in [6, 6.07) is 14.8. The Morgan fingerprint density at radius 1 is 1.08 bits per heavy atom. The number of halogens is 2. The van der Waals surface area contributed by atoms with Crippen LogP contribution in [0, 0.1) is 17.0 Å². The molecule has 3 aromatic carbocycles. The fourth-order valence-electron chi connectivity index (χ4n) is 3.38. The lowest BCUT2D eigenvalue weighted by Gasteiger charge is -2.26. The average Bonchev–Trinajstić information content (AvgIpc) is 2.83. The number of anilines is 1. The van der Waals surface area contributed by atoms with Gasteiger partial charge in [0.25, 0.3) is 17.5 Å². The quantitative estimate of drug-likeness (QED) is 0.179. The third-order valence-corrected chi connectivity index (χ3v) is 6.35. The van der Waals surface area contributed by atoms with E-state index >= 15 is 0 Å². The number of nitro groups is 1. The number of urea groups is 1. The molecular formula is C25H17BrClN3O6. The highest BCUT2D eigenvalue weighted by Gasteiger charge is 2.37. The molecule has 0 unspecified atom stereocenters. The summed E-state index contributed by atoms with van der Waals surface area (Å²) in [6.07, 6.45) is 1.37. The van der Waals surface area contributed by atoms with Crippen molar-refractivity contribution in [2.24, 2.45) is 0 Å². The number of rotatable bonds is 6. The van der Waals surface area contributed by atoms with Crippen molar-refractivity contribution in [3.8, 4) is 5.75 Å². The molecule has 0 radical (unpaired) electrons. The van der Waals surface area contributed by atoms with Crippen molar-refractivity contribution >= 4 is 62.8 Å². The van der Waals surface area contributed by atoms with Gasteiger partial charge in [0.15, 0.2) is 0 Å². The van der Waals surface area contributed by atoms with E-state index in [1.54, 1.807) is 49.4 Å². The van der Waals surface area contributed by atoms with Gasteiger partial charge in [0.05, 0.1) is 15.1 Å². The van der Waals surface area contributed by atoms with Gasteiger partial charge in [0.2, 0.25) is 0 Å². The first-order chi connectivity index (χ1) is 17.1. The third-order valence-electron chi connectivity index (χ3n) is 5.32. The maximum atomic E-state index is 13.1. The molecule has 0 spiro atoms. The van der Waals surface area contributed by atoms with Crippen molar-refractivity contribution in [1.29, 1.82) is 0 Å². The molecule has 182 valence electrons. The number of hydrogen-bond donors (Lipinski definition) is 1. The topological polar surface area (TPSA) is 119 Å². The Morgan fingerprint density at radius 2 is 1.81 bits per heavy atom. The second-order valence-corrected chi connectivity index (χ2v) is 9.05. The number of nitro benzene ring substituents is 1. The number of hydrogen-bond acceptors (Lipinski definition) is 6. The van der Waals surface area contributed by atoms with E-state index < -0.39 is 22.8 Å². The first kappa shape index (κ1) is 25.1. The van der Waals surface area contributed by atoms with E-state index in [1.165, 1.54) is 24.3 Å². The predicted octanol–water partition coefficient (Wildman–Crippen LogP) is 5.56. The zero-order valence-corrected chi connectivity index (χ0v) is 21.0. The van der Waals surface area contributed by atoms with Gasteiger partial charge in [-0.25, -0.2) is 9.69 Å². The van der Waals surface area contributed by atoms with Gasteiger partial charge in [0, 0.05) is 17.2 Å². The fraction of sp³-hybridized carbons (Fsp3) is 0.0800. The summed E-state index contributed by atoms with van der Waals surface area (Å²) in [5.41, 5.74) is 2.03. The highest BCUT2D eigenvalue weighted by Crippen LogP contribution is 2.30. The van der Waals surface area contributed by atoms with Crippen LogP contribution in [0.25, 0.3) is 6.08 Å². The van der Waals surface area contributed by atoms with E-state index in [1.807, 2.05) is 0 Å². The van der Waals surface area contributed by atoms with Crippen molar-refractivity contribution in [3.05, 3.63) is 103 Å². The highest BCUT2D eigenvalue weighted by atomic mass is 79.9. The summed E-state index contributed by atoms with van der Waals surface area (Å²) in [7, 11) is 0. The van der Waals surface area contributed by atoms with Crippen LogP contribution in [-0.4, -0.2) is 22.8 Å². The molecule has 3 aromatic rings. The number of barbiturate groups is 1. The van der Waals surface area contributed by atoms with Crippen molar-refractivity contribution in [2.75, 3.05) is 4.90 Å². The lowest BCUT2D eigenvalue weighted by Crippen LogP contribution is -2.54. The number of nitrogens with zero attached hydrogens (tertiary/aromatic N) is 2. The maximum Gasteiger partial charge on any atom is 0.335 e. The van der Waals surface area contributed by atoms with E-state index in [2.05, 4.69) is 21.2 Å². The van der Waals surface area contributed by atoms with Crippen molar-refractivity contribution in [3.63, 3.8) is 0 Å². The van der Waals surface area contributed by atoms with Crippen LogP contribution in [0.4, 0.5) is 16.2 Å². The minimum Gasteiger partial charge on any atom is -0.488 e. The van der Waals surface area contributed by atoms with Crippen LogP contribution >= 0.6 is 27.5 Å². The monoisotopic (exact) mass is 569 g/mol. The minimum atomic E-state index is -0.863. The molecule has 11 heteroatoms. The number of ether oxygens (including phenoxy) is 1. The molecule has 4 amide bonds. The summed E-state index contributed by atoms with van der Waals surface area (Å²) in [5, 5.41) is 13.3. The summed E-state index contributed by atoms with van der Waals surface area (Å²) in [4.78, 5) is 49.1. The average molecular weight is 571 g/mol. The number of amides is 4. The summed E-state index contributed by atoms with van der Waals surface area (Å²) in [5.74, 6) is -1.10. The van der Waals surface area contributed by atoms with Crippen molar-refractivity contribution in [2.45, 2.75) is 13.5 Å². The van der Waals surface area contributed by atoms with Crippen LogP contribution in [0.15, 0.2) is 70.7 Å². The molecule has 1 fully saturated rings. The number of imide groups is 2. The molecule has 4 rings (SSSR count). The number of non-ortho nitro benzene ring substituents is 1. The Morgan fingerprint density at radius 3 is 2.44 bits per heavy atom. The van der Waals surface area contributed by atoms with Crippen LogP contribution in [0.1, 0.15) is 16.7 Å². The first-order valence-electron chi connectivity index (χ1n) is 10.5. The molecule has 1 N–H and O–H groups in total. The van der Waals surface area contributed by atoms with Crippen LogP contribution in [-0.2, 0) is 16.2 Å². The molecule has 0 atom stereocenters. The van der Waals surface area contributed by atoms with E-state index in [0.717, 1.165) is 16.0 Å². The summed E-state index contributed by atoms with van der Waals surface area (Å²) in [6.45, 7) is 1.96. The molecule has 1 aliphatic heterocycles. The Hall–Kier alpha value is -4.02. The van der Waals surface area contributed by atoms with Crippen LogP contribution in [0.2, 0.25) is 5.02 Å². The Kier molecular flexibility index (Phi) is 7.18. The number of aryl methyl sites for hydroxylation is 1. The lowest BCUT2D eigenvalue weighted by atomic mass is 10.1.